The molecule has 0 atom stereocenters. The number of fused-ring (bicyclic) bond motifs is 6. The summed E-state index contributed by atoms with van der Waals surface area (Å²) in [5.74, 6) is 0. The fourth-order valence-corrected chi connectivity index (χ4v) is 12.9. The van der Waals surface area contributed by atoms with Crippen molar-refractivity contribution < 1.29 is 0 Å². The minimum absolute atomic E-state index is 0.624. The van der Waals surface area contributed by atoms with Crippen LogP contribution in [0.3, 0.4) is 0 Å². The maximum atomic E-state index is 2.64. The molecule has 2 aliphatic carbocycles. The largest absolute Gasteiger partial charge is 0.310 e. The van der Waals surface area contributed by atoms with Crippen molar-refractivity contribution >= 4 is 17.1 Å². The maximum absolute atomic E-state index is 2.64. The summed E-state index contributed by atoms with van der Waals surface area (Å²) in [6.07, 6.45) is 0. The summed E-state index contributed by atoms with van der Waals surface area (Å²) in [7, 11) is 0. The van der Waals surface area contributed by atoms with Crippen molar-refractivity contribution in [2.45, 2.75) is 10.8 Å². The van der Waals surface area contributed by atoms with Gasteiger partial charge in [-0.25, -0.2) is 0 Å². The van der Waals surface area contributed by atoms with Gasteiger partial charge in [-0.3, -0.25) is 0 Å². The summed E-state index contributed by atoms with van der Waals surface area (Å²) in [4.78, 5) is 2.44. The van der Waals surface area contributed by atoms with E-state index >= 15 is 0 Å². The van der Waals surface area contributed by atoms with Crippen molar-refractivity contribution in [2.24, 2.45) is 0 Å². The first-order chi connectivity index (χ1) is 37.2. The molecule has 0 unspecified atom stereocenters. The second-order valence-electron chi connectivity index (χ2n) is 19.9. The van der Waals surface area contributed by atoms with Gasteiger partial charge >= 0.3 is 0 Å². The molecule has 0 amide bonds. The van der Waals surface area contributed by atoms with Gasteiger partial charge in [0.25, 0.3) is 0 Å². The topological polar surface area (TPSA) is 3.24 Å². The lowest BCUT2D eigenvalue weighted by molar-refractivity contribution is 0.744. The Bertz CT molecular complexity index is 3820. The van der Waals surface area contributed by atoms with Crippen LogP contribution in [0, 0.1) is 0 Å². The van der Waals surface area contributed by atoms with E-state index in [-0.39, 0.29) is 0 Å². The van der Waals surface area contributed by atoms with Crippen molar-refractivity contribution in [2.75, 3.05) is 4.90 Å². The van der Waals surface area contributed by atoms with Crippen molar-refractivity contribution in [3.63, 3.8) is 0 Å². The lowest BCUT2D eigenvalue weighted by atomic mass is 9.64. The molecule has 0 aromatic heterocycles. The molecule has 0 aliphatic heterocycles. The number of hydrogen-bond acceptors (Lipinski definition) is 1. The second kappa shape index (κ2) is 18.2. The molecule has 0 heterocycles. The molecule has 0 N–H and O–H groups in total. The van der Waals surface area contributed by atoms with Crippen LogP contribution in [0.2, 0.25) is 0 Å². The Labute approximate surface area is 440 Å². The SMILES string of the molecule is c1ccc(-c2ccc(N(c3ccc(-c4ccccc4)cc3)c3ccc4c(c3)C(c3ccccc3)(c3ccccc3)c3cc5c(c(-c6ccccc6)c3-4)-c3ccccc3C5(c3ccccc3)c3ccccc3)cc2)cc1. The van der Waals surface area contributed by atoms with E-state index in [0.29, 0.717) is 0 Å². The molecule has 12 aromatic carbocycles. The first kappa shape index (κ1) is 44.2. The molecule has 14 rings (SSSR count). The molecular formula is C74H51N. The second-order valence-corrected chi connectivity index (χ2v) is 19.9. The summed E-state index contributed by atoms with van der Waals surface area (Å²) in [6.45, 7) is 0. The van der Waals surface area contributed by atoms with Gasteiger partial charge < -0.3 is 4.90 Å². The number of hydrogen-bond donors (Lipinski definition) is 0. The smallest absolute Gasteiger partial charge is 0.0714 e. The van der Waals surface area contributed by atoms with Crippen LogP contribution in [-0.2, 0) is 10.8 Å². The zero-order valence-electron chi connectivity index (χ0n) is 41.4. The van der Waals surface area contributed by atoms with Crippen LogP contribution in [0.1, 0.15) is 44.5 Å². The van der Waals surface area contributed by atoms with E-state index in [1.165, 1.54) is 100 Å². The normalized spacial score (nSPS) is 13.3. The summed E-state index contributed by atoms with van der Waals surface area (Å²) in [6, 6.07) is 115. The maximum Gasteiger partial charge on any atom is 0.0714 e. The van der Waals surface area contributed by atoms with Crippen LogP contribution in [0.25, 0.3) is 55.6 Å². The molecule has 0 saturated carbocycles. The Morgan fingerprint density at radius 3 is 0.947 bits per heavy atom. The summed E-state index contributed by atoms with van der Waals surface area (Å²) >= 11 is 0. The Kier molecular flexibility index (Phi) is 10.7. The molecule has 0 saturated heterocycles. The lowest BCUT2D eigenvalue weighted by Gasteiger charge is -2.37. The van der Waals surface area contributed by atoms with Crippen molar-refractivity contribution in [1.82, 2.24) is 0 Å². The van der Waals surface area contributed by atoms with Gasteiger partial charge in [0.15, 0.2) is 0 Å². The van der Waals surface area contributed by atoms with Gasteiger partial charge in [-0.2, -0.15) is 0 Å². The molecule has 1 heteroatoms. The zero-order chi connectivity index (χ0) is 49.8. The van der Waals surface area contributed by atoms with Crippen LogP contribution >= 0.6 is 0 Å². The average molecular weight is 954 g/mol. The Morgan fingerprint density at radius 1 is 0.200 bits per heavy atom. The van der Waals surface area contributed by atoms with Crippen LogP contribution in [0.5, 0.6) is 0 Å². The monoisotopic (exact) mass is 953 g/mol. The fraction of sp³-hybridized carbons (Fsp3) is 0.0270. The van der Waals surface area contributed by atoms with E-state index in [2.05, 4.69) is 314 Å². The first-order valence-electron chi connectivity index (χ1n) is 26.1. The highest BCUT2D eigenvalue weighted by Crippen LogP contribution is 2.66. The van der Waals surface area contributed by atoms with Gasteiger partial charge in [0.2, 0.25) is 0 Å². The van der Waals surface area contributed by atoms with E-state index in [0.717, 1.165) is 17.1 Å². The number of anilines is 3. The molecule has 75 heavy (non-hydrogen) atoms. The third-order valence-corrected chi connectivity index (χ3v) is 16.0. The van der Waals surface area contributed by atoms with E-state index in [4.69, 9.17) is 0 Å². The summed E-state index contributed by atoms with van der Waals surface area (Å²) in [5, 5.41) is 0. The minimum atomic E-state index is -0.740. The number of rotatable bonds is 10. The number of benzene rings is 12. The highest BCUT2D eigenvalue weighted by Gasteiger charge is 2.53. The highest BCUT2D eigenvalue weighted by molar-refractivity contribution is 6.07. The standard InChI is InChI=1S/C74H51N/c1-8-24-52(25-9-1)54-40-44-61(45-41-54)75(62-46-42-55(43-47-62)53-26-10-2-11-27-53)63-48-49-65-67(50-63)74(59-34-18-6-19-35-59,60-36-20-7-21-37-60)69-51-68-71(70(72(65)69)56-28-12-3-13-29-56)64-38-22-23-39-66(64)73(68,57-30-14-4-15-31-57)58-32-16-5-17-33-58/h1-51H. The fourth-order valence-electron chi connectivity index (χ4n) is 12.9. The molecular weight excluding hydrogens is 903 g/mol. The molecule has 12 aromatic rings. The van der Waals surface area contributed by atoms with Crippen molar-refractivity contribution in [1.29, 1.82) is 0 Å². The third-order valence-electron chi connectivity index (χ3n) is 16.0. The lowest BCUT2D eigenvalue weighted by Crippen LogP contribution is -2.31. The van der Waals surface area contributed by atoms with Crippen molar-refractivity contribution in [3.05, 3.63) is 354 Å². The molecule has 0 radical (unpaired) electrons. The van der Waals surface area contributed by atoms with Gasteiger partial charge in [0, 0.05) is 17.1 Å². The van der Waals surface area contributed by atoms with Gasteiger partial charge in [0.05, 0.1) is 10.8 Å². The van der Waals surface area contributed by atoms with Gasteiger partial charge in [0.1, 0.15) is 0 Å². The highest BCUT2D eigenvalue weighted by atomic mass is 15.1. The molecule has 0 spiro atoms. The van der Waals surface area contributed by atoms with E-state index in [1.807, 2.05) is 0 Å². The Hall–Kier alpha value is -9.56. The van der Waals surface area contributed by atoms with E-state index in [9.17, 15) is 0 Å². The van der Waals surface area contributed by atoms with E-state index in [1.54, 1.807) is 0 Å². The van der Waals surface area contributed by atoms with Gasteiger partial charge in [-0.1, -0.05) is 273 Å². The van der Waals surface area contributed by atoms with Crippen LogP contribution in [0.15, 0.2) is 309 Å². The van der Waals surface area contributed by atoms with E-state index < -0.39 is 10.8 Å². The molecule has 352 valence electrons. The Balaban J connectivity index is 1.10. The Morgan fingerprint density at radius 2 is 0.520 bits per heavy atom. The first-order valence-corrected chi connectivity index (χ1v) is 26.1. The predicted molar refractivity (Wildman–Crippen MR) is 312 cm³/mol. The molecule has 2 aliphatic rings. The number of nitrogens with zero attached hydrogens (tertiary/aromatic N) is 1. The van der Waals surface area contributed by atoms with Gasteiger partial charge in [-0.05, 0) is 137 Å². The molecule has 1 nitrogen and oxygen atoms in total. The summed E-state index contributed by atoms with van der Waals surface area (Å²) in [5.41, 5.74) is 24.2. The summed E-state index contributed by atoms with van der Waals surface area (Å²) < 4.78 is 0. The van der Waals surface area contributed by atoms with Crippen molar-refractivity contribution in [3.8, 4) is 55.6 Å². The quantitative estimate of drug-likeness (QED) is 0.132. The van der Waals surface area contributed by atoms with Crippen LogP contribution < -0.4 is 4.90 Å². The zero-order valence-corrected chi connectivity index (χ0v) is 41.4. The third kappa shape index (κ3) is 6.93. The van der Waals surface area contributed by atoms with Crippen LogP contribution in [0.4, 0.5) is 17.1 Å². The molecule has 0 fully saturated rings. The average Bonchev–Trinajstić information content (AvgIpc) is 4.17. The van der Waals surface area contributed by atoms with Crippen LogP contribution in [-0.4, -0.2) is 0 Å². The predicted octanol–water partition coefficient (Wildman–Crippen LogP) is 18.9. The molecule has 0 bridgehead atoms. The minimum Gasteiger partial charge on any atom is -0.310 e. The van der Waals surface area contributed by atoms with Gasteiger partial charge in [-0.15, -0.1) is 0 Å².